The average Bonchev–Trinajstić information content (AvgIpc) is 1.63. The van der Waals surface area contributed by atoms with E-state index in [1.54, 1.807) is 19.1 Å². The van der Waals surface area contributed by atoms with Crippen LogP contribution >= 0.6 is 83.7 Å². The fraction of sp³-hybridized carbons (Fsp3) is 0.441. The van der Waals surface area contributed by atoms with E-state index in [1.807, 2.05) is 83.1 Å². The van der Waals surface area contributed by atoms with Crippen LogP contribution in [0, 0.1) is 20.2 Å². The van der Waals surface area contributed by atoms with Crippen LogP contribution in [0.15, 0.2) is 125 Å². The van der Waals surface area contributed by atoms with Gasteiger partial charge in [-0.05, 0) is 191 Å². The number of alkyl halides is 12. The summed E-state index contributed by atoms with van der Waals surface area (Å²) in [6, 6.07) is 23.5. The van der Waals surface area contributed by atoms with Crippen molar-refractivity contribution in [3.05, 3.63) is 149 Å². The molecular formula is C68H78B4BrF12I3NO17V3-3. The number of ether oxygens (including phenoxy) is 8. The summed E-state index contributed by atoms with van der Waals surface area (Å²) in [6.07, 6.45) is -15.4. The Bertz CT molecular complexity index is 3830. The molecule has 1 aromatic heterocycles. The summed E-state index contributed by atoms with van der Waals surface area (Å²) >= 11 is 9.80. The number of benzene rings is 5. The smallest absolute Gasteiger partial charge is 0.423 e. The standard InChI is InChI=1S/C20H12F5NO4.C13H15BF2O4.C12H24B2O4.C7H6BF3O3.C7H3BrF2O2.3C3H6I.3V/c1-11-8-18(27)26(13-3-5-14(6-4-13)28-19(21,22)23)10-15(11)12-2-7-16-17(9-12)30-20(24,25)29-16;1-11(2)12(3,4)20-14(19-11)8-5-6-9-10(7-8)18-13(15,16)17-9;1-9(2)10(3,4)16-13(15-9)14-17-11(5,6)12(7,8)18-14;9-7(10,11)14-6-3-1-5(2-4-6)8(12)13;8-4-1-2-5-6(3-4)12-7(9,10)11-5;3*1-2-3-4;;;/h2-10H,1H3;5-7H,1-4H3;1-8H3;1-4,12-13H;1-3H;3*3H,2H2,1H3;;;/q;;;;;3*-1;;;. The molecule has 0 aliphatic carbocycles. The summed E-state index contributed by atoms with van der Waals surface area (Å²) in [5.74, 6) is -0.987. The van der Waals surface area contributed by atoms with E-state index in [0.717, 1.165) is 36.4 Å². The Morgan fingerprint density at radius 2 is 0.798 bits per heavy atom. The molecule has 12 rings (SSSR count). The Morgan fingerprint density at radius 1 is 0.477 bits per heavy atom. The van der Waals surface area contributed by atoms with Crippen molar-refractivity contribution < 1.29 is 184 Å². The van der Waals surface area contributed by atoms with Crippen molar-refractivity contribution in [1.82, 2.24) is 4.57 Å². The molecule has 3 fully saturated rings. The summed E-state index contributed by atoms with van der Waals surface area (Å²) in [4.78, 5) is 12.4. The second-order valence-corrected chi connectivity index (χ2v) is 29.7. The van der Waals surface area contributed by atoms with E-state index in [-0.39, 0.29) is 118 Å². The molecule has 0 unspecified atom stereocenters. The molecule has 0 saturated carbocycles. The number of hydrogen-bond acceptors (Lipinski definition) is 17. The van der Waals surface area contributed by atoms with Crippen LogP contribution in [0.25, 0.3) is 16.8 Å². The molecule has 3 radical (unpaired) electrons. The van der Waals surface area contributed by atoms with Crippen molar-refractivity contribution in [2.45, 2.75) is 195 Å². The average molecular weight is 2070 g/mol. The number of fused-ring (bicyclic) bond motifs is 3. The molecule has 6 aromatic rings. The Hall–Kier alpha value is -3.03. The van der Waals surface area contributed by atoms with Crippen molar-refractivity contribution in [1.29, 1.82) is 0 Å². The third kappa shape index (κ3) is 30.2. The summed E-state index contributed by atoms with van der Waals surface area (Å²) in [6.45, 7) is 31.9. The van der Waals surface area contributed by atoms with E-state index in [0.29, 0.717) is 32.3 Å². The van der Waals surface area contributed by atoms with Crippen LogP contribution in [0.3, 0.4) is 0 Å². The maximum Gasteiger partial charge on any atom is 0.586 e. The minimum absolute atomic E-state index is 0. The Labute approximate surface area is 712 Å². The maximum atomic E-state index is 13.3. The molecule has 41 heteroatoms. The Morgan fingerprint density at radius 3 is 1.16 bits per heavy atom. The predicted octanol–water partition coefficient (Wildman–Crippen LogP) is 18.6. The van der Waals surface area contributed by atoms with Gasteiger partial charge in [-0.25, -0.2) is 0 Å². The zero-order chi connectivity index (χ0) is 80.2. The second kappa shape index (κ2) is 41.7. The molecule has 109 heavy (non-hydrogen) atoms. The van der Waals surface area contributed by atoms with Crippen molar-refractivity contribution in [3.63, 3.8) is 0 Å². The molecular weight excluding hydrogens is 1990 g/mol. The third-order valence-electron chi connectivity index (χ3n) is 16.3. The molecule has 0 atom stereocenters. The number of halogens is 16. The zero-order valence-corrected chi connectivity index (χ0v) is 73.7. The van der Waals surface area contributed by atoms with E-state index in [4.69, 9.17) is 38.0 Å². The van der Waals surface area contributed by atoms with Gasteiger partial charge in [0.05, 0.1) is 33.6 Å². The van der Waals surface area contributed by atoms with Gasteiger partial charge in [0.15, 0.2) is 34.5 Å². The Balaban J connectivity index is 0.000000455. The summed E-state index contributed by atoms with van der Waals surface area (Å²) in [5.41, 5.74) is -0.246. The van der Waals surface area contributed by atoms with Crippen LogP contribution in [0.5, 0.6) is 46.0 Å². The molecule has 5 aromatic carbocycles. The first-order valence-electron chi connectivity index (χ1n) is 32.2. The van der Waals surface area contributed by atoms with Gasteiger partial charge in [0.2, 0.25) is 0 Å². The van der Waals surface area contributed by atoms with E-state index in [9.17, 15) is 57.5 Å². The van der Waals surface area contributed by atoms with E-state index in [2.05, 4.69) is 156 Å². The van der Waals surface area contributed by atoms with Gasteiger partial charge in [0, 0.05) is 83.7 Å². The van der Waals surface area contributed by atoms with Crippen molar-refractivity contribution >= 4 is 123 Å². The normalized spacial score (nSPS) is 18.1. The Kier molecular flexibility index (Phi) is 39.0. The molecule has 0 amide bonds. The van der Waals surface area contributed by atoms with Crippen LogP contribution in [-0.2, 0) is 83.6 Å². The first-order chi connectivity index (χ1) is 48.7. The minimum Gasteiger partial charge on any atom is -0.423 e. The van der Waals surface area contributed by atoms with Gasteiger partial charge in [-0.3, -0.25) is 22.6 Å². The quantitative estimate of drug-likeness (QED) is 0.0569. The van der Waals surface area contributed by atoms with Gasteiger partial charge in [-0.15, -0.1) is 52.7 Å². The number of rotatable bonds is 10. The van der Waals surface area contributed by atoms with Crippen LogP contribution < -0.4 is 54.4 Å². The number of pyridine rings is 1. The van der Waals surface area contributed by atoms with Gasteiger partial charge in [-0.2, -0.15) is 19.3 Å². The molecule has 6 aliphatic rings. The van der Waals surface area contributed by atoms with Crippen molar-refractivity contribution in [2.24, 2.45) is 0 Å². The first-order valence-corrected chi connectivity index (χ1v) is 36.7. The first kappa shape index (κ1) is 102. The largest absolute Gasteiger partial charge is 0.586 e. The molecule has 3 saturated heterocycles. The SMILES string of the molecule is CC1(C)OB(B2OC(C)(C)C(C)(C)O2)OC1(C)C.CC1(C)OB(c2ccc3c(c2)OC(F)(F)O3)OC1(C)C.CC[CH-]I.CC[CH-]I.CC[CH-]I.Cc1cc(=O)n(-c2ccc(OC(F)(F)F)cc2)cc1-c1ccc2c(c1)OC(F)(F)O2.FC1(F)Oc2ccc(Br)cc2O1.OB(O)c1ccc(OC(F)(F)F)cc1.[V].[V].[V]. The van der Waals surface area contributed by atoms with Gasteiger partial charge < -0.3 is 144 Å². The molecule has 0 bridgehead atoms. The van der Waals surface area contributed by atoms with Crippen LogP contribution in [0.2, 0.25) is 0 Å². The summed E-state index contributed by atoms with van der Waals surface area (Å²) in [7, 11) is -3.27. The molecule has 6 aliphatic heterocycles. The van der Waals surface area contributed by atoms with Crippen LogP contribution in [0.4, 0.5) is 52.7 Å². The minimum atomic E-state index is -4.83. The fourth-order valence-corrected chi connectivity index (χ4v) is 9.25. The predicted molar refractivity (Wildman–Crippen MR) is 405 cm³/mol. The van der Waals surface area contributed by atoms with E-state index in [1.165, 1.54) is 90.7 Å². The van der Waals surface area contributed by atoms with Crippen LogP contribution in [-0.4, -0.2) is 108 Å². The molecule has 7 heterocycles. The number of hydrogen-bond donors (Lipinski definition) is 2. The van der Waals surface area contributed by atoms with Gasteiger partial charge in [-0.1, -0.05) is 61.0 Å². The van der Waals surface area contributed by atoms with Gasteiger partial charge >= 0.3 is 59.9 Å². The van der Waals surface area contributed by atoms with Crippen molar-refractivity contribution in [3.8, 4) is 62.8 Å². The molecule has 599 valence electrons. The van der Waals surface area contributed by atoms with Gasteiger partial charge in [0.1, 0.15) is 11.5 Å². The monoisotopic (exact) mass is 2070 g/mol. The van der Waals surface area contributed by atoms with Crippen LogP contribution in [0.1, 0.15) is 129 Å². The van der Waals surface area contributed by atoms with E-state index < -0.39 is 88.1 Å². The zero-order valence-electron chi connectivity index (χ0n) is 61.5. The van der Waals surface area contributed by atoms with Crippen molar-refractivity contribution in [2.75, 3.05) is 0 Å². The topological polar surface area (TPSA) is 192 Å². The maximum absolute atomic E-state index is 13.3. The second-order valence-electron chi connectivity index (χ2n) is 26.1. The number of aromatic nitrogens is 1. The number of aryl methyl sites for hydroxylation is 1. The summed E-state index contributed by atoms with van der Waals surface area (Å²) < 4.78 is 226. The number of nitrogens with zero attached hydrogens (tertiary/aromatic N) is 1. The third-order valence-corrected chi connectivity index (χ3v) is 19.4. The van der Waals surface area contributed by atoms with E-state index >= 15 is 0 Å². The fourth-order valence-electron chi connectivity index (χ4n) is 8.91. The van der Waals surface area contributed by atoms with Gasteiger partial charge in [0.25, 0.3) is 5.56 Å². The molecule has 18 nitrogen and oxygen atoms in total. The molecule has 2 N–H and O–H groups in total. The summed E-state index contributed by atoms with van der Waals surface area (Å²) in [5, 5.41) is 17.3. The molecule has 0 spiro atoms.